The van der Waals surface area contributed by atoms with Crippen molar-refractivity contribution in [3.8, 4) is 0 Å². The Morgan fingerprint density at radius 3 is 1.59 bits per heavy atom. The van der Waals surface area contributed by atoms with Gasteiger partial charge < -0.3 is 9.80 Å². The second-order valence-corrected chi connectivity index (χ2v) is 6.84. The molecule has 0 amide bonds. The third-order valence-electron chi connectivity index (χ3n) is 4.24. The molecule has 1 saturated heterocycles. The molecule has 0 radical (unpaired) electrons. The summed E-state index contributed by atoms with van der Waals surface area (Å²) in [5.41, 5.74) is 2.47. The lowest BCUT2D eigenvalue weighted by Gasteiger charge is -2.46. The van der Waals surface area contributed by atoms with Crippen LogP contribution in [0.15, 0.2) is 48.5 Å². The first-order valence-electron chi connectivity index (χ1n) is 7.59. The minimum atomic E-state index is 0.431. The molecule has 2 atom stereocenters. The fraction of sp³-hybridized carbons (Fsp3) is 0.333. The first kappa shape index (κ1) is 15.5. The number of hydrogen-bond acceptors (Lipinski definition) is 2. The van der Waals surface area contributed by atoms with Crippen molar-refractivity contribution in [2.45, 2.75) is 25.9 Å². The zero-order valence-electron chi connectivity index (χ0n) is 12.8. The normalized spacial score (nSPS) is 22.0. The zero-order valence-corrected chi connectivity index (χ0v) is 14.3. The monoisotopic (exact) mass is 334 g/mol. The third kappa shape index (κ3) is 3.18. The maximum absolute atomic E-state index is 6.00. The van der Waals surface area contributed by atoms with Crippen molar-refractivity contribution in [3.05, 3.63) is 58.6 Å². The highest BCUT2D eigenvalue weighted by atomic mass is 35.5. The largest absolute Gasteiger partial charge is 0.367 e. The smallest absolute Gasteiger partial charge is 0.0440 e. The van der Waals surface area contributed by atoms with Gasteiger partial charge in [0.05, 0.1) is 0 Å². The predicted octanol–water partition coefficient (Wildman–Crippen LogP) is 5.10. The Kier molecular flexibility index (Phi) is 4.51. The number of anilines is 2. The van der Waals surface area contributed by atoms with E-state index in [0.717, 1.165) is 23.1 Å². The summed E-state index contributed by atoms with van der Waals surface area (Å²) in [5.74, 6) is 0. The lowest BCUT2D eigenvalue weighted by Crippen LogP contribution is -2.57. The highest BCUT2D eigenvalue weighted by molar-refractivity contribution is 6.30. The lowest BCUT2D eigenvalue weighted by molar-refractivity contribution is 0.475. The van der Waals surface area contributed by atoms with Gasteiger partial charge in [-0.05, 0) is 62.4 Å². The van der Waals surface area contributed by atoms with Gasteiger partial charge in [0.15, 0.2) is 0 Å². The molecule has 1 heterocycles. The van der Waals surface area contributed by atoms with Crippen LogP contribution >= 0.6 is 23.2 Å². The first-order valence-corrected chi connectivity index (χ1v) is 8.34. The van der Waals surface area contributed by atoms with Gasteiger partial charge in [0.1, 0.15) is 0 Å². The van der Waals surface area contributed by atoms with Crippen molar-refractivity contribution < 1.29 is 0 Å². The summed E-state index contributed by atoms with van der Waals surface area (Å²) in [6.45, 7) is 6.53. The van der Waals surface area contributed by atoms with Gasteiger partial charge in [-0.15, -0.1) is 0 Å². The molecule has 1 aliphatic rings. The molecule has 0 bridgehead atoms. The summed E-state index contributed by atoms with van der Waals surface area (Å²) in [6.07, 6.45) is 0. The van der Waals surface area contributed by atoms with E-state index in [1.807, 2.05) is 24.3 Å². The molecule has 0 saturated carbocycles. The molecule has 2 aromatic rings. The van der Waals surface area contributed by atoms with E-state index in [4.69, 9.17) is 23.2 Å². The minimum Gasteiger partial charge on any atom is -0.367 e. The van der Waals surface area contributed by atoms with Crippen LogP contribution in [0.25, 0.3) is 0 Å². The van der Waals surface area contributed by atoms with Gasteiger partial charge in [0, 0.05) is 46.6 Å². The second kappa shape index (κ2) is 6.39. The Labute approximate surface area is 142 Å². The van der Waals surface area contributed by atoms with Crippen LogP contribution in [0, 0.1) is 0 Å². The molecular weight excluding hydrogens is 315 g/mol. The third-order valence-corrected chi connectivity index (χ3v) is 4.74. The standard InChI is InChI=1S/C18H20Cl2N2/c1-13-11-21(17-7-3-15(19)4-8-17)12-14(2)22(13)18-9-5-16(20)6-10-18/h3-10,13-14H,11-12H2,1-2H3/t13-,14-/m1/s1. The Balaban J connectivity index is 1.79. The molecular formula is C18H20Cl2N2. The summed E-state index contributed by atoms with van der Waals surface area (Å²) < 4.78 is 0. The summed E-state index contributed by atoms with van der Waals surface area (Å²) in [7, 11) is 0. The SMILES string of the molecule is C[C@@H]1CN(c2ccc(Cl)cc2)C[C@@H](C)N1c1ccc(Cl)cc1. The average molecular weight is 335 g/mol. The van der Waals surface area contributed by atoms with E-state index in [1.54, 1.807) is 0 Å². The highest BCUT2D eigenvalue weighted by Gasteiger charge is 2.29. The van der Waals surface area contributed by atoms with Gasteiger partial charge in [0.25, 0.3) is 0 Å². The maximum atomic E-state index is 6.00. The highest BCUT2D eigenvalue weighted by Crippen LogP contribution is 2.29. The van der Waals surface area contributed by atoms with Crippen molar-refractivity contribution in [2.24, 2.45) is 0 Å². The molecule has 4 heteroatoms. The average Bonchev–Trinajstić information content (AvgIpc) is 2.49. The Morgan fingerprint density at radius 1 is 0.727 bits per heavy atom. The van der Waals surface area contributed by atoms with E-state index in [0.29, 0.717) is 12.1 Å². The van der Waals surface area contributed by atoms with E-state index in [1.165, 1.54) is 11.4 Å². The molecule has 22 heavy (non-hydrogen) atoms. The molecule has 2 nitrogen and oxygen atoms in total. The van der Waals surface area contributed by atoms with Crippen molar-refractivity contribution in [1.29, 1.82) is 0 Å². The van der Waals surface area contributed by atoms with Crippen LogP contribution in [0.4, 0.5) is 11.4 Å². The molecule has 3 rings (SSSR count). The van der Waals surface area contributed by atoms with Crippen LogP contribution in [0.1, 0.15) is 13.8 Å². The van der Waals surface area contributed by atoms with Gasteiger partial charge in [-0.25, -0.2) is 0 Å². The Hall–Kier alpha value is -1.38. The lowest BCUT2D eigenvalue weighted by atomic mass is 10.1. The van der Waals surface area contributed by atoms with E-state index in [2.05, 4.69) is 47.9 Å². The molecule has 0 unspecified atom stereocenters. The number of hydrogen-bond donors (Lipinski definition) is 0. The Bertz CT molecular complexity index is 613. The van der Waals surface area contributed by atoms with E-state index < -0.39 is 0 Å². The number of piperazine rings is 1. The molecule has 2 aromatic carbocycles. The zero-order chi connectivity index (χ0) is 15.7. The van der Waals surface area contributed by atoms with Crippen molar-refractivity contribution >= 4 is 34.6 Å². The summed E-state index contributed by atoms with van der Waals surface area (Å²) in [6, 6.07) is 17.1. The Morgan fingerprint density at radius 2 is 1.14 bits per heavy atom. The van der Waals surface area contributed by atoms with Crippen molar-refractivity contribution in [1.82, 2.24) is 0 Å². The van der Waals surface area contributed by atoms with Crippen LogP contribution in [0.5, 0.6) is 0 Å². The summed E-state index contributed by atoms with van der Waals surface area (Å²) >= 11 is 12.0. The van der Waals surface area contributed by atoms with Crippen LogP contribution in [0.3, 0.4) is 0 Å². The molecule has 0 spiro atoms. The summed E-state index contributed by atoms with van der Waals surface area (Å²) in [5, 5.41) is 1.56. The minimum absolute atomic E-state index is 0.431. The van der Waals surface area contributed by atoms with Gasteiger partial charge in [-0.3, -0.25) is 0 Å². The van der Waals surface area contributed by atoms with E-state index >= 15 is 0 Å². The number of benzene rings is 2. The number of rotatable bonds is 2. The molecule has 116 valence electrons. The van der Waals surface area contributed by atoms with Crippen LogP contribution in [-0.2, 0) is 0 Å². The van der Waals surface area contributed by atoms with E-state index in [9.17, 15) is 0 Å². The topological polar surface area (TPSA) is 6.48 Å². The van der Waals surface area contributed by atoms with Crippen LogP contribution in [-0.4, -0.2) is 25.2 Å². The van der Waals surface area contributed by atoms with Crippen molar-refractivity contribution in [2.75, 3.05) is 22.9 Å². The fourth-order valence-electron chi connectivity index (χ4n) is 3.31. The maximum Gasteiger partial charge on any atom is 0.0440 e. The van der Waals surface area contributed by atoms with E-state index in [-0.39, 0.29) is 0 Å². The van der Waals surface area contributed by atoms with Gasteiger partial charge in [-0.1, -0.05) is 23.2 Å². The number of nitrogens with zero attached hydrogens (tertiary/aromatic N) is 2. The van der Waals surface area contributed by atoms with Gasteiger partial charge in [-0.2, -0.15) is 0 Å². The molecule has 1 fully saturated rings. The molecule has 0 N–H and O–H groups in total. The predicted molar refractivity (Wildman–Crippen MR) is 96.5 cm³/mol. The molecule has 0 aromatic heterocycles. The molecule has 0 aliphatic carbocycles. The number of halogens is 2. The van der Waals surface area contributed by atoms with Crippen LogP contribution in [0.2, 0.25) is 10.0 Å². The fourth-order valence-corrected chi connectivity index (χ4v) is 3.56. The van der Waals surface area contributed by atoms with Crippen molar-refractivity contribution in [3.63, 3.8) is 0 Å². The van der Waals surface area contributed by atoms with Crippen LogP contribution < -0.4 is 9.80 Å². The first-order chi connectivity index (χ1) is 10.5. The molecule has 1 aliphatic heterocycles. The second-order valence-electron chi connectivity index (χ2n) is 5.96. The summed E-state index contributed by atoms with van der Waals surface area (Å²) in [4.78, 5) is 4.90. The van der Waals surface area contributed by atoms with Gasteiger partial charge >= 0.3 is 0 Å². The van der Waals surface area contributed by atoms with Gasteiger partial charge in [0.2, 0.25) is 0 Å². The quantitative estimate of drug-likeness (QED) is 0.754.